The van der Waals surface area contributed by atoms with Gasteiger partial charge >= 0.3 is 0 Å². The van der Waals surface area contributed by atoms with Gasteiger partial charge in [-0.1, -0.05) is 20.8 Å². The van der Waals surface area contributed by atoms with Gasteiger partial charge in [-0.05, 0) is 46.3 Å². The molecule has 2 atom stereocenters. The topological polar surface area (TPSA) is 0 Å². The smallest absolute Gasteiger partial charge is 0.0731 e. The monoisotopic (exact) mass is 294 g/mol. The third kappa shape index (κ3) is 2.74. The molecule has 1 aromatic rings. The first-order valence-corrected chi connectivity index (χ1v) is 6.88. The standard InChI is InChI=1S/C11H16BrClS/c1-6(2)8(4)10(13)9-5-7(3)11(12)14-9/h5-6,8,10H,1-4H3. The minimum absolute atomic E-state index is 0.144. The van der Waals surface area contributed by atoms with Crippen molar-refractivity contribution in [2.24, 2.45) is 11.8 Å². The van der Waals surface area contributed by atoms with Gasteiger partial charge in [-0.2, -0.15) is 0 Å². The van der Waals surface area contributed by atoms with Gasteiger partial charge in [-0.3, -0.25) is 0 Å². The first-order chi connectivity index (χ1) is 6.43. The maximum Gasteiger partial charge on any atom is 0.0731 e. The minimum atomic E-state index is 0.144. The second-order valence-corrected chi connectivity index (χ2v) is 6.98. The summed E-state index contributed by atoms with van der Waals surface area (Å²) in [6.07, 6.45) is 0. The molecule has 0 aliphatic heterocycles. The van der Waals surface area contributed by atoms with E-state index in [9.17, 15) is 0 Å². The van der Waals surface area contributed by atoms with Gasteiger partial charge < -0.3 is 0 Å². The number of rotatable bonds is 3. The molecule has 0 bridgehead atoms. The van der Waals surface area contributed by atoms with Crippen LogP contribution in [0.3, 0.4) is 0 Å². The van der Waals surface area contributed by atoms with Crippen LogP contribution in [0.5, 0.6) is 0 Å². The number of thiophene rings is 1. The molecule has 0 spiro atoms. The third-order valence-electron chi connectivity index (χ3n) is 2.66. The molecule has 0 radical (unpaired) electrons. The van der Waals surface area contributed by atoms with Crippen LogP contribution in [0.25, 0.3) is 0 Å². The predicted octanol–water partition coefficient (Wildman–Crippen LogP) is 5.39. The Hall–Kier alpha value is 0.470. The Balaban J connectivity index is 2.83. The van der Waals surface area contributed by atoms with E-state index in [0.717, 1.165) is 0 Å². The van der Waals surface area contributed by atoms with Gasteiger partial charge in [0.25, 0.3) is 0 Å². The zero-order valence-electron chi connectivity index (χ0n) is 8.97. The predicted molar refractivity (Wildman–Crippen MR) is 69.4 cm³/mol. The van der Waals surface area contributed by atoms with Gasteiger partial charge in [-0.15, -0.1) is 22.9 Å². The average Bonchev–Trinajstić information content (AvgIpc) is 2.44. The molecule has 3 heteroatoms. The molecule has 0 saturated heterocycles. The first kappa shape index (κ1) is 12.5. The zero-order valence-corrected chi connectivity index (χ0v) is 12.1. The van der Waals surface area contributed by atoms with Crippen molar-refractivity contribution < 1.29 is 0 Å². The Morgan fingerprint density at radius 1 is 1.36 bits per heavy atom. The van der Waals surface area contributed by atoms with Crippen LogP contribution in [0.1, 0.15) is 36.6 Å². The molecule has 0 aliphatic rings. The molecule has 2 unspecified atom stereocenters. The maximum atomic E-state index is 6.43. The molecule has 14 heavy (non-hydrogen) atoms. The Bertz CT molecular complexity index is 287. The number of aryl methyl sites for hydroxylation is 1. The summed E-state index contributed by atoms with van der Waals surface area (Å²) in [4.78, 5) is 1.28. The summed E-state index contributed by atoms with van der Waals surface area (Å²) in [5.41, 5.74) is 1.28. The van der Waals surface area contributed by atoms with Gasteiger partial charge in [0.15, 0.2) is 0 Å². The molecule has 1 aromatic heterocycles. The summed E-state index contributed by atoms with van der Waals surface area (Å²) in [5, 5.41) is 0.144. The summed E-state index contributed by atoms with van der Waals surface area (Å²) in [6, 6.07) is 2.19. The van der Waals surface area contributed by atoms with Crippen LogP contribution in [0.15, 0.2) is 9.85 Å². The van der Waals surface area contributed by atoms with E-state index in [0.29, 0.717) is 11.8 Å². The van der Waals surface area contributed by atoms with Gasteiger partial charge in [-0.25, -0.2) is 0 Å². The number of hydrogen-bond donors (Lipinski definition) is 0. The van der Waals surface area contributed by atoms with Crippen LogP contribution in [-0.2, 0) is 0 Å². The van der Waals surface area contributed by atoms with E-state index in [1.54, 1.807) is 11.3 Å². The fourth-order valence-corrected chi connectivity index (χ4v) is 3.37. The number of halogens is 2. The second-order valence-electron chi connectivity index (χ2n) is 4.11. The van der Waals surface area contributed by atoms with E-state index < -0.39 is 0 Å². The molecule has 0 fully saturated rings. The lowest BCUT2D eigenvalue weighted by molar-refractivity contribution is 0.409. The molecule has 0 nitrogen and oxygen atoms in total. The largest absolute Gasteiger partial charge is 0.131 e. The quantitative estimate of drug-likeness (QED) is 0.656. The van der Waals surface area contributed by atoms with Crippen molar-refractivity contribution in [3.8, 4) is 0 Å². The molecule has 0 N–H and O–H groups in total. The normalized spacial score (nSPS) is 15.9. The van der Waals surface area contributed by atoms with Crippen molar-refractivity contribution in [3.05, 3.63) is 20.3 Å². The zero-order chi connectivity index (χ0) is 10.9. The molecule has 80 valence electrons. The third-order valence-corrected chi connectivity index (χ3v) is 5.64. The maximum absolute atomic E-state index is 6.43. The SMILES string of the molecule is Cc1cc(C(Cl)C(C)C(C)C)sc1Br. The molecule has 1 rings (SSSR count). The highest BCUT2D eigenvalue weighted by Gasteiger charge is 2.21. The van der Waals surface area contributed by atoms with Gasteiger partial charge in [0.2, 0.25) is 0 Å². The van der Waals surface area contributed by atoms with E-state index in [1.165, 1.54) is 14.2 Å². The van der Waals surface area contributed by atoms with E-state index in [1.807, 2.05) is 0 Å². The summed E-state index contributed by atoms with van der Waals surface area (Å²) in [5.74, 6) is 1.14. The van der Waals surface area contributed by atoms with E-state index in [-0.39, 0.29) is 5.38 Å². The molecule has 0 aliphatic carbocycles. The minimum Gasteiger partial charge on any atom is -0.131 e. The molecule has 0 aromatic carbocycles. The highest BCUT2D eigenvalue weighted by atomic mass is 79.9. The fraction of sp³-hybridized carbons (Fsp3) is 0.636. The van der Waals surface area contributed by atoms with Gasteiger partial charge in [0.05, 0.1) is 9.16 Å². The van der Waals surface area contributed by atoms with Crippen LogP contribution in [0.4, 0.5) is 0 Å². The van der Waals surface area contributed by atoms with E-state index in [2.05, 4.69) is 49.7 Å². The number of hydrogen-bond acceptors (Lipinski definition) is 1. The van der Waals surface area contributed by atoms with Gasteiger partial charge in [0.1, 0.15) is 0 Å². The summed E-state index contributed by atoms with van der Waals surface area (Å²) in [6.45, 7) is 8.75. The van der Waals surface area contributed by atoms with E-state index >= 15 is 0 Å². The average molecular weight is 296 g/mol. The number of alkyl halides is 1. The highest BCUT2D eigenvalue weighted by Crippen LogP contribution is 2.40. The highest BCUT2D eigenvalue weighted by molar-refractivity contribution is 9.11. The van der Waals surface area contributed by atoms with Crippen molar-refractivity contribution in [1.29, 1.82) is 0 Å². The van der Waals surface area contributed by atoms with Gasteiger partial charge in [0, 0.05) is 4.88 Å². The molecule has 0 amide bonds. The van der Waals surface area contributed by atoms with Crippen molar-refractivity contribution in [2.45, 2.75) is 33.1 Å². The Morgan fingerprint density at radius 3 is 2.29 bits per heavy atom. The summed E-state index contributed by atoms with van der Waals surface area (Å²) >= 11 is 11.7. The summed E-state index contributed by atoms with van der Waals surface area (Å²) < 4.78 is 1.20. The van der Waals surface area contributed by atoms with Crippen LogP contribution < -0.4 is 0 Å². The van der Waals surface area contributed by atoms with Crippen LogP contribution in [0, 0.1) is 18.8 Å². The molecule has 1 heterocycles. The Kier molecular flexibility index (Phi) is 4.48. The lowest BCUT2D eigenvalue weighted by atomic mass is 9.93. The van der Waals surface area contributed by atoms with Crippen LogP contribution in [0.2, 0.25) is 0 Å². The fourth-order valence-electron chi connectivity index (χ4n) is 1.22. The van der Waals surface area contributed by atoms with Crippen LogP contribution >= 0.6 is 38.9 Å². The van der Waals surface area contributed by atoms with Crippen molar-refractivity contribution in [1.82, 2.24) is 0 Å². The molecular formula is C11H16BrClS. The molecular weight excluding hydrogens is 280 g/mol. The van der Waals surface area contributed by atoms with Crippen molar-refractivity contribution in [2.75, 3.05) is 0 Å². The lowest BCUT2D eigenvalue weighted by Crippen LogP contribution is -2.09. The van der Waals surface area contributed by atoms with E-state index in [4.69, 9.17) is 11.6 Å². The second kappa shape index (κ2) is 5.00. The molecule has 0 saturated carbocycles. The lowest BCUT2D eigenvalue weighted by Gasteiger charge is -2.20. The van der Waals surface area contributed by atoms with Crippen molar-refractivity contribution in [3.63, 3.8) is 0 Å². The Labute approximate surface area is 104 Å². The van der Waals surface area contributed by atoms with Crippen molar-refractivity contribution >= 4 is 38.9 Å². The van der Waals surface area contributed by atoms with Crippen LogP contribution in [-0.4, -0.2) is 0 Å². The Morgan fingerprint density at radius 2 is 1.93 bits per heavy atom. The summed E-state index contributed by atoms with van der Waals surface area (Å²) in [7, 11) is 0. The first-order valence-electron chi connectivity index (χ1n) is 4.83.